The van der Waals surface area contributed by atoms with Gasteiger partial charge in [0.2, 0.25) is 0 Å². The van der Waals surface area contributed by atoms with Gasteiger partial charge in [-0.2, -0.15) is 0 Å². The Kier molecular flexibility index (Phi) is 4.89. The van der Waals surface area contributed by atoms with E-state index in [0.717, 1.165) is 36.2 Å². The maximum atomic E-state index is 13.3. The fourth-order valence-corrected chi connectivity index (χ4v) is 4.36. The second-order valence-electron chi connectivity index (χ2n) is 7.97. The van der Waals surface area contributed by atoms with Gasteiger partial charge in [-0.3, -0.25) is 9.69 Å². The zero-order valence-electron chi connectivity index (χ0n) is 16.2. The third-order valence-corrected chi connectivity index (χ3v) is 6.02. The second-order valence-corrected chi connectivity index (χ2v) is 8.40. The summed E-state index contributed by atoms with van der Waals surface area (Å²) in [4.78, 5) is 21.9. The van der Waals surface area contributed by atoms with E-state index in [0.29, 0.717) is 23.4 Å². The lowest BCUT2D eigenvalue weighted by molar-refractivity contribution is -0.131. The second kappa shape index (κ2) is 7.22. The van der Waals surface area contributed by atoms with E-state index in [2.05, 4.69) is 16.9 Å². The number of aliphatic imine (C=N–C) groups is 1. The van der Waals surface area contributed by atoms with Crippen LogP contribution in [0.1, 0.15) is 18.9 Å². The van der Waals surface area contributed by atoms with E-state index >= 15 is 0 Å². The van der Waals surface area contributed by atoms with Gasteiger partial charge in [0.15, 0.2) is 11.5 Å². The normalized spacial score (nSPS) is 25.4. The third-order valence-electron chi connectivity index (χ3n) is 5.79. The van der Waals surface area contributed by atoms with Crippen molar-refractivity contribution in [1.82, 2.24) is 9.80 Å². The molecular weight excluding hydrogens is 372 g/mol. The number of amides is 1. The number of nitrogens with zero attached hydrogens (tertiary/aromatic N) is 3. The Labute approximate surface area is 170 Å². The highest BCUT2D eigenvalue weighted by atomic mass is 35.5. The van der Waals surface area contributed by atoms with Crippen LogP contribution in [0, 0.1) is 5.92 Å². The summed E-state index contributed by atoms with van der Waals surface area (Å²) in [5, 5.41) is 0.682. The predicted octanol–water partition coefficient (Wildman–Crippen LogP) is 3.33. The molecule has 4 rings (SSSR count). The summed E-state index contributed by atoms with van der Waals surface area (Å²) in [6.45, 7) is 4.52. The maximum Gasteiger partial charge on any atom is 0.261 e. The van der Waals surface area contributed by atoms with Crippen LogP contribution in [0.2, 0.25) is 5.02 Å². The SMILES string of the molecule is CN1CCC(CN2C(=O)C(C)(c3cccc(-c4cccc(Cl)c4)c3)N=C2N)C1. The van der Waals surface area contributed by atoms with Gasteiger partial charge in [0.05, 0.1) is 0 Å². The average molecular weight is 397 g/mol. The summed E-state index contributed by atoms with van der Waals surface area (Å²) in [6, 6.07) is 15.6. The Morgan fingerprint density at radius 3 is 2.61 bits per heavy atom. The number of likely N-dealkylation sites (tertiary alicyclic amines) is 1. The van der Waals surface area contributed by atoms with E-state index in [1.165, 1.54) is 0 Å². The molecule has 28 heavy (non-hydrogen) atoms. The lowest BCUT2D eigenvalue weighted by atomic mass is 9.89. The molecule has 2 N–H and O–H groups in total. The number of carbonyl (C=O) groups is 1. The minimum atomic E-state index is -0.997. The van der Waals surface area contributed by atoms with Gasteiger partial charge in [0, 0.05) is 18.1 Å². The van der Waals surface area contributed by atoms with E-state index in [1.807, 2.05) is 55.5 Å². The summed E-state index contributed by atoms with van der Waals surface area (Å²) in [5.41, 5.74) is 8.03. The first-order valence-corrected chi connectivity index (χ1v) is 9.97. The fraction of sp³-hybridized carbons (Fsp3) is 0.364. The molecule has 2 atom stereocenters. The molecule has 0 saturated carbocycles. The van der Waals surface area contributed by atoms with Crippen molar-refractivity contribution in [3.8, 4) is 11.1 Å². The number of rotatable bonds is 4. The van der Waals surface area contributed by atoms with Gasteiger partial charge in [0.25, 0.3) is 5.91 Å². The summed E-state index contributed by atoms with van der Waals surface area (Å²) in [5.74, 6) is 0.695. The molecule has 0 radical (unpaired) electrons. The van der Waals surface area contributed by atoms with E-state index < -0.39 is 5.54 Å². The van der Waals surface area contributed by atoms with Crippen molar-refractivity contribution in [3.05, 3.63) is 59.1 Å². The van der Waals surface area contributed by atoms with Crippen LogP contribution < -0.4 is 5.73 Å². The molecule has 2 aromatic rings. The molecule has 0 aliphatic carbocycles. The van der Waals surface area contributed by atoms with Gasteiger partial charge in [-0.1, -0.05) is 41.9 Å². The van der Waals surface area contributed by atoms with Gasteiger partial charge >= 0.3 is 0 Å². The van der Waals surface area contributed by atoms with E-state index in [4.69, 9.17) is 17.3 Å². The Morgan fingerprint density at radius 1 is 1.21 bits per heavy atom. The molecule has 2 aromatic carbocycles. The lowest BCUT2D eigenvalue weighted by Crippen LogP contribution is -2.44. The van der Waals surface area contributed by atoms with Gasteiger partial charge < -0.3 is 10.6 Å². The van der Waals surface area contributed by atoms with E-state index in [-0.39, 0.29) is 5.91 Å². The monoisotopic (exact) mass is 396 g/mol. The number of carbonyl (C=O) groups excluding carboxylic acids is 1. The largest absolute Gasteiger partial charge is 0.369 e. The maximum absolute atomic E-state index is 13.3. The molecular formula is C22H25ClN4O. The quantitative estimate of drug-likeness (QED) is 0.862. The molecule has 2 heterocycles. The molecule has 0 spiro atoms. The predicted molar refractivity (Wildman–Crippen MR) is 113 cm³/mol. The topological polar surface area (TPSA) is 61.9 Å². The molecule has 6 heteroatoms. The average Bonchev–Trinajstić information content (AvgIpc) is 3.18. The van der Waals surface area contributed by atoms with E-state index in [9.17, 15) is 4.79 Å². The van der Waals surface area contributed by atoms with Crippen molar-refractivity contribution >= 4 is 23.5 Å². The van der Waals surface area contributed by atoms with Crippen LogP contribution in [0.5, 0.6) is 0 Å². The molecule has 1 amide bonds. The molecule has 2 aliphatic heterocycles. The van der Waals surface area contributed by atoms with Crippen molar-refractivity contribution in [2.45, 2.75) is 18.9 Å². The van der Waals surface area contributed by atoms with Gasteiger partial charge in [0.1, 0.15) is 0 Å². The van der Waals surface area contributed by atoms with Crippen LogP contribution in [-0.2, 0) is 10.3 Å². The molecule has 5 nitrogen and oxygen atoms in total. The molecule has 0 aromatic heterocycles. The van der Waals surface area contributed by atoms with E-state index in [1.54, 1.807) is 4.90 Å². The number of benzene rings is 2. The van der Waals surface area contributed by atoms with Crippen LogP contribution in [0.25, 0.3) is 11.1 Å². The number of halogens is 1. The summed E-state index contributed by atoms with van der Waals surface area (Å²) < 4.78 is 0. The van der Waals surface area contributed by atoms with Gasteiger partial charge in [-0.05, 0) is 67.7 Å². The van der Waals surface area contributed by atoms with Crippen LogP contribution in [0.4, 0.5) is 0 Å². The van der Waals surface area contributed by atoms with Crippen LogP contribution in [0.3, 0.4) is 0 Å². The number of nitrogens with two attached hydrogens (primary N) is 1. The molecule has 2 aliphatic rings. The molecule has 1 saturated heterocycles. The van der Waals surface area contributed by atoms with Crippen LogP contribution >= 0.6 is 11.6 Å². The summed E-state index contributed by atoms with van der Waals surface area (Å²) in [7, 11) is 2.11. The first-order chi connectivity index (χ1) is 13.4. The molecule has 2 unspecified atom stereocenters. The van der Waals surface area contributed by atoms with Crippen LogP contribution in [0.15, 0.2) is 53.5 Å². The van der Waals surface area contributed by atoms with Crippen molar-refractivity contribution in [1.29, 1.82) is 0 Å². The molecule has 0 bridgehead atoms. The third kappa shape index (κ3) is 3.40. The van der Waals surface area contributed by atoms with Crippen LogP contribution in [-0.4, -0.2) is 48.3 Å². The highest BCUT2D eigenvalue weighted by Crippen LogP contribution is 2.35. The Hall–Kier alpha value is -2.37. The van der Waals surface area contributed by atoms with Crippen molar-refractivity contribution in [3.63, 3.8) is 0 Å². The smallest absolute Gasteiger partial charge is 0.261 e. The standard InChI is InChI=1S/C22H25ClN4O/c1-22(18-7-3-5-16(11-18)17-6-4-8-19(23)12-17)20(28)27(21(24)25-22)14-15-9-10-26(2)13-15/h3-8,11-12,15H,9-10,13-14H2,1-2H3,(H2,24,25). The zero-order chi connectivity index (χ0) is 19.9. The van der Waals surface area contributed by atoms with Crippen molar-refractivity contribution < 1.29 is 4.79 Å². The fourth-order valence-electron chi connectivity index (χ4n) is 4.17. The minimum absolute atomic E-state index is 0.0530. The Morgan fingerprint density at radius 2 is 1.93 bits per heavy atom. The summed E-state index contributed by atoms with van der Waals surface area (Å²) in [6.07, 6.45) is 1.08. The van der Waals surface area contributed by atoms with Gasteiger partial charge in [-0.15, -0.1) is 0 Å². The molecule has 1 fully saturated rings. The zero-order valence-corrected chi connectivity index (χ0v) is 17.0. The Balaban J connectivity index is 1.62. The first-order valence-electron chi connectivity index (χ1n) is 9.59. The number of hydrogen-bond donors (Lipinski definition) is 1. The molecule has 146 valence electrons. The van der Waals surface area contributed by atoms with Crippen molar-refractivity contribution in [2.75, 3.05) is 26.7 Å². The van der Waals surface area contributed by atoms with Crippen molar-refractivity contribution in [2.24, 2.45) is 16.6 Å². The minimum Gasteiger partial charge on any atom is -0.369 e. The lowest BCUT2D eigenvalue weighted by Gasteiger charge is -2.25. The Bertz CT molecular complexity index is 944. The number of guanidine groups is 1. The highest BCUT2D eigenvalue weighted by Gasteiger charge is 2.46. The number of hydrogen-bond acceptors (Lipinski definition) is 4. The highest BCUT2D eigenvalue weighted by molar-refractivity contribution is 6.30. The van der Waals surface area contributed by atoms with Gasteiger partial charge in [-0.25, -0.2) is 4.99 Å². The summed E-state index contributed by atoms with van der Waals surface area (Å²) >= 11 is 6.14. The first kappa shape index (κ1) is 19.0.